The molecule has 26 atom stereocenters. The largest absolute Gasteiger partial charge is 0.394 e. The van der Waals surface area contributed by atoms with Gasteiger partial charge in [-0.15, -0.1) is 0 Å². The molecule has 8 fully saturated rings. The van der Waals surface area contributed by atoms with Crippen LogP contribution in [0.5, 0.6) is 0 Å². The lowest BCUT2D eigenvalue weighted by atomic mass is 9.47. The molecule has 0 radical (unpaired) electrons. The van der Waals surface area contributed by atoms with E-state index in [1.807, 2.05) is 0 Å². The van der Waals surface area contributed by atoms with Crippen molar-refractivity contribution in [1.29, 1.82) is 0 Å². The molecule has 5 heterocycles. The summed E-state index contributed by atoms with van der Waals surface area (Å²) in [5, 5.41) is 89.8. The van der Waals surface area contributed by atoms with Crippen molar-refractivity contribution in [3.8, 4) is 0 Å². The fourth-order valence-corrected chi connectivity index (χ4v) is 14.2. The Morgan fingerprint density at radius 1 is 0.705 bits per heavy atom. The van der Waals surface area contributed by atoms with Gasteiger partial charge in [0.15, 0.2) is 18.9 Å². The van der Waals surface area contributed by atoms with Gasteiger partial charge in [0, 0.05) is 12.5 Å². The van der Waals surface area contributed by atoms with Gasteiger partial charge >= 0.3 is 0 Å². The van der Waals surface area contributed by atoms with Crippen LogP contribution in [0.15, 0.2) is 11.6 Å². The summed E-state index contributed by atoms with van der Waals surface area (Å²) in [7, 11) is 0. The fraction of sp³-hybridized carbons (Fsp3) is 0.956. The summed E-state index contributed by atoms with van der Waals surface area (Å²) < 4.78 is 43.7. The summed E-state index contributed by atoms with van der Waals surface area (Å²) in [6.45, 7) is 13.2. The summed E-state index contributed by atoms with van der Waals surface area (Å²) in [6.07, 6.45) is -9.93. The molecule has 0 bridgehead atoms. The molecule has 4 aliphatic carbocycles. The van der Waals surface area contributed by atoms with Gasteiger partial charge in [0.2, 0.25) is 0 Å². The molecule has 61 heavy (non-hydrogen) atoms. The normalized spacial score (nSPS) is 58.4. The van der Waals surface area contributed by atoms with Gasteiger partial charge in [0.05, 0.1) is 31.0 Å². The molecule has 16 heteroatoms. The number of piperidine rings is 1. The second-order valence-electron chi connectivity index (χ2n) is 21.2. The van der Waals surface area contributed by atoms with Gasteiger partial charge in [-0.1, -0.05) is 39.3 Å². The Kier molecular flexibility index (Phi) is 12.4. The highest BCUT2D eigenvalue weighted by Gasteiger charge is 2.68. The third-order valence-electron chi connectivity index (χ3n) is 17.9. The molecule has 0 aromatic carbocycles. The van der Waals surface area contributed by atoms with E-state index in [-0.39, 0.29) is 22.7 Å². The van der Waals surface area contributed by atoms with Crippen LogP contribution in [0.2, 0.25) is 0 Å². The molecule has 9 aliphatic rings. The van der Waals surface area contributed by atoms with Crippen molar-refractivity contribution >= 4 is 0 Å². The van der Waals surface area contributed by atoms with E-state index in [0.717, 1.165) is 32.2 Å². The maximum atomic E-state index is 12.0. The van der Waals surface area contributed by atoms with E-state index in [0.29, 0.717) is 54.5 Å². The van der Waals surface area contributed by atoms with Crippen LogP contribution in [-0.4, -0.2) is 164 Å². The van der Waals surface area contributed by atoms with Crippen molar-refractivity contribution in [2.24, 2.45) is 46.3 Å². The summed E-state index contributed by atoms with van der Waals surface area (Å²) >= 11 is 0. The zero-order valence-corrected chi connectivity index (χ0v) is 36.6. The topological polar surface area (TPSA) is 238 Å². The summed E-state index contributed by atoms with van der Waals surface area (Å²) in [6, 6.07) is 0. The number of allylic oxidation sites excluding steroid dienone is 1. The molecule has 1 spiro atoms. The van der Waals surface area contributed by atoms with E-state index in [1.54, 1.807) is 0 Å². The van der Waals surface area contributed by atoms with Gasteiger partial charge in [-0.25, -0.2) is 0 Å². The van der Waals surface area contributed by atoms with E-state index >= 15 is 0 Å². The van der Waals surface area contributed by atoms with E-state index in [2.05, 4.69) is 39.1 Å². The Labute approximate surface area is 359 Å². The first-order valence-corrected chi connectivity index (χ1v) is 23.3. The van der Waals surface area contributed by atoms with Crippen LogP contribution in [0.3, 0.4) is 0 Å². The highest BCUT2D eigenvalue weighted by atomic mass is 16.8. The molecule has 5 aliphatic heterocycles. The molecular formula is C45H73NO15. The van der Waals surface area contributed by atoms with Crippen LogP contribution in [0, 0.1) is 46.3 Å². The summed E-state index contributed by atoms with van der Waals surface area (Å²) in [4.78, 5) is 0. The Morgan fingerprint density at radius 3 is 1.98 bits per heavy atom. The number of aliphatic hydroxyl groups excluding tert-OH is 8. The molecule has 5 saturated heterocycles. The smallest absolute Gasteiger partial charge is 0.187 e. The van der Waals surface area contributed by atoms with Gasteiger partial charge in [-0.2, -0.15) is 0 Å². The minimum atomic E-state index is -1.70. The van der Waals surface area contributed by atoms with Crippen molar-refractivity contribution in [2.75, 3.05) is 13.2 Å². The van der Waals surface area contributed by atoms with Crippen LogP contribution < -0.4 is 5.32 Å². The van der Waals surface area contributed by atoms with Crippen LogP contribution >= 0.6 is 0 Å². The number of hydrogen-bond acceptors (Lipinski definition) is 16. The number of aliphatic hydroxyl groups is 8. The van der Waals surface area contributed by atoms with Gasteiger partial charge in [0.1, 0.15) is 66.8 Å². The Balaban J connectivity index is 0.916. The maximum Gasteiger partial charge on any atom is 0.187 e. The monoisotopic (exact) mass is 867 g/mol. The number of rotatable bonds is 7. The second kappa shape index (κ2) is 16.8. The third-order valence-corrected chi connectivity index (χ3v) is 17.9. The lowest BCUT2D eigenvalue weighted by Crippen LogP contribution is -2.66. The predicted octanol–water partition coefficient (Wildman–Crippen LogP) is 0.815. The number of hydrogen-bond donors (Lipinski definition) is 9. The highest BCUT2D eigenvalue weighted by Crippen LogP contribution is 2.70. The molecule has 348 valence electrons. The first-order valence-electron chi connectivity index (χ1n) is 23.3. The lowest BCUT2D eigenvalue weighted by molar-refractivity contribution is -0.388. The zero-order valence-electron chi connectivity index (χ0n) is 36.6. The number of fused-ring (bicyclic) bond motifs is 7. The molecule has 3 saturated carbocycles. The molecule has 9 rings (SSSR count). The fourth-order valence-electron chi connectivity index (χ4n) is 14.2. The minimum absolute atomic E-state index is 0.00472. The zero-order chi connectivity index (χ0) is 43.5. The van der Waals surface area contributed by atoms with E-state index in [4.69, 9.17) is 33.2 Å². The van der Waals surface area contributed by atoms with Gasteiger partial charge in [0.25, 0.3) is 0 Å². The first-order chi connectivity index (χ1) is 28.9. The van der Waals surface area contributed by atoms with Crippen LogP contribution in [0.1, 0.15) is 99.3 Å². The van der Waals surface area contributed by atoms with Crippen molar-refractivity contribution < 1.29 is 74.0 Å². The molecule has 0 unspecified atom stereocenters. The van der Waals surface area contributed by atoms with Gasteiger partial charge < -0.3 is 74.0 Å². The van der Waals surface area contributed by atoms with Gasteiger partial charge in [-0.3, -0.25) is 5.32 Å². The van der Waals surface area contributed by atoms with Crippen LogP contribution in [-0.2, 0) is 33.2 Å². The molecule has 0 aromatic heterocycles. The molecule has 0 aromatic rings. The van der Waals surface area contributed by atoms with Crippen LogP contribution in [0.25, 0.3) is 0 Å². The standard InChI is InChI=1S/C45H73NO15/c1-19-9-14-45(46-17-19)20(2)30-28(61-45)16-27-25-8-7-23-15-24(10-12-43(23,5)26(25)11-13-44(27,30)6)57-42-39(60-41-36(53)34(51)32(49)22(4)56-41)37(54)38(29(18-47)58-42)59-40-35(52)33(50)31(48)21(3)55-40/h7,19-22,24-42,46-54H,8-18H2,1-6H3/t19-,20+,21+,22+,24+,25-,26+,27+,28-,29-,30+,31+,32+,33-,34-,35-,36-,37+,38-,39-,40+,41+,42-,43+,44+,45-/m1/s1. The van der Waals surface area contributed by atoms with E-state index in [9.17, 15) is 40.9 Å². The second-order valence-corrected chi connectivity index (χ2v) is 21.2. The molecular weight excluding hydrogens is 794 g/mol. The summed E-state index contributed by atoms with van der Waals surface area (Å²) in [5.41, 5.74) is 1.41. The number of nitrogens with one attached hydrogen (secondary N) is 1. The molecule has 16 nitrogen and oxygen atoms in total. The Hall–Kier alpha value is -0.900. The maximum absolute atomic E-state index is 12.0. The predicted molar refractivity (Wildman–Crippen MR) is 215 cm³/mol. The average molecular weight is 868 g/mol. The van der Waals surface area contributed by atoms with E-state index < -0.39 is 98.7 Å². The van der Waals surface area contributed by atoms with Gasteiger partial charge in [-0.05, 0) is 112 Å². The average Bonchev–Trinajstić information content (AvgIpc) is 3.69. The SMILES string of the molecule is C[C@@H]1CC[C@@]2(NC1)O[C@@H]1C[C@H]3[C@@H]4CC=C5C[C@@H](O[C@@H]6O[C@H](CO)[C@@H](O[C@@H]7O[C@@H](C)[C@H](O)[C@@H](O)[C@H]7O)[C@H](O)[C@H]6O[C@@H]6O[C@@H](C)[C@H](O)[C@@H](O)[C@H]6O)CC[C@]5(C)[C@H]4CC[C@]3(C)[C@H]1[C@@H]2C. The quantitative estimate of drug-likeness (QED) is 0.161. The molecule has 0 amide bonds. The van der Waals surface area contributed by atoms with Crippen molar-refractivity contribution in [1.82, 2.24) is 5.32 Å². The Bertz CT molecular complexity index is 1600. The summed E-state index contributed by atoms with van der Waals surface area (Å²) in [5.74, 6) is 3.43. The van der Waals surface area contributed by atoms with Crippen molar-refractivity contribution in [3.05, 3.63) is 11.6 Å². The lowest BCUT2D eigenvalue weighted by Gasteiger charge is -2.59. The van der Waals surface area contributed by atoms with Crippen molar-refractivity contribution in [2.45, 2.75) is 209 Å². The molecule has 9 N–H and O–H groups in total. The number of ether oxygens (including phenoxy) is 7. The highest BCUT2D eigenvalue weighted by molar-refractivity contribution is 5.26. The first kappa shape index (κ1) is 45.3. The van der Waals surface area contributed by atoms with Crippen LogP contribution in [0.4, 0.5) is 0 Å². The van der Waals surface area contributed by atoms with Crippen molar-refractivity contribution in [3.63, 3.8) is 0 Å². The minimum Gasteiger partial charge on any atom is -0.394 e. The third kappa shape index (κ3) is 7.42. The Morgan fingerprint density at radius 2 is 1.36 bits per heavy atom. The van der Waals surface area contributed by atoms with E-state index in [1.165, 1.54) is 38.7 Å².